The summed E-state index contributed by atoms with van der Waals surface area (Å²) >= 11 is 0. The van der Waals surface area contributed by atoms with E-state index < -0.39 is 0 Å². The van der Waals surface area contributed by atoms with Crippen molar-refractivity contribution in [1.29, 1.82) is 0 Å². The van der Waals surface area contributed by atoms with Crippen LogP contribution in [0.15, 0.2) is 219 Å². The Morgan fingerprint density at radius 1 is 0.390 bits per heavy atom. The van der Waals surface area contributed by atoms with E-state index in [0.717, 1.165) is 56.3 Å². The molecule has 7 aromatic carbocycles. The minimum atomic E-state index is 0.704. The Morgan fingerprint density at radius 3 is 1.59 bits per heavy atom. The van der Waals surface area contributed by atoms with Crippen molar-refractivity contribution in [2.75, 3.05) is 4.90 Å². The standard InChI is InChI=1S/C53H36N6/c1-3-8-43(9-4-1)57-35-30-40-18-26-48-49-36-42(19-27-50(49)59(52(48)51(40)57)44-10-5-2-6-11-44)38-14-22-46(23-15-38)58(45-20-12-37(13-21-45)39-28-33-54-34-29-39)47-24-16-41(17-25-47)53-55-31-7-32-56-53/h1-36H. The second-order valence-electron chi connectivity index (χ2n) is 14.6. The van der Waals surface area contributed by atoms with E-state index in [4.69, 9.17) is 0 Å². The van der Waals surface area contributed by atoms with Gasteiger partial charge in [0.1, 0.15) is 0 Å². The molecule has 0 saturated heterocycles. The Bertz CT molecular complexity index is 3130. The summed E-state index contributed by atoms with van der Waals surface area (Å²) in [6, 6.07) is 66.9. The summed E-state index contributed by atoms with van der Waals surface area (Å²) < 4.78 is 4.74. The van der Waals surface area contributed by atoms with E-state index >= 15 is 0 Å². The Hall–Kier alpha value is -8.09. The molecule has 0 fully saturated rings. The highest BCUT2D eigenvalue weighted by Gasteiger charge is 2.19. The Morgan fingerprint density at radius 2 is 0.949 bits per heavy atom. The van der Waals surface area contributed by atoms with Gasteiger partial charge in [0.2, 0.25) is 0 Å². The molecule has 6 nitrogen and oxygen atoms in total. The van der Waals surface area contributed by atoms with Gasteiger partial charge in [-0.15, -0.1) is 0 Å². The number of anilines is 3. The lowest BCUT2D eigenvalue weighted by molar-refractivity contribution is 1.12. The van der Waals surface area contributed by atoms with Crippen LogP contribution in [0.25, 0.3) is 77.7 Å². The van der Waals surface area contributed by atoms with Crippen LogP contribution in [0.2, 0.25) is 0 Å². The Kier molecular flexibility index (Phi) is 8.37. The van der Waals surface area contributed by atoms with Crippen LogP contribution in [0, 0.1) is 0 Å². The summed E-state index contributed by atoms with van der Waals surface area (Å²) in [6.45, 7) is 0. The van der Waals surface area contributed by atoms with Gasteiger partial charge in [-0.25, -0.2) is 9.97 Å². The monoisotopic (exact) mass is 756 g/mol. The van der Waals surface area contributed by atoms with Crippen molar-refractivity contribution < 1.29 is 0 Å². The summed E-state index contributed by atoms with van der Waals surface area (Å²) in [5.41, 5.74) is 14.5. The second kappa shape index (κ2) is 14.4. The summed E-state index contributed by atoms with van der Waals surface area (Å²) in [4.78, 5) is 15.4. The Labute approximate surface area is 341 Å². The van der Waals surface area contributed by atoms with Gasteiger partial charge in [-0.1, -0.05) is 78.9 Å². The fourth-order valence-corrected chi connectivity index (χ4v) is 8.36. The van der Waals surface area contributed by atoms with Crippen molar-refractivity contribution in [2.24, 2.45) is 0 Å². The average molecular weight is 757 g/mol. The fraction of sp³-hybridized carbons (Fsp3) is 0. The molecule has 11 rings (SSSR count). The molecule has 4 aromatic heterocycles. The average Bonchev–Trinajstić information content (AvgIpc) is 3.90. The van der Waals surface area contributed by atoms with Crippen molar-refractivity contribution in [3.63, 3.8) is 0 Å². The highest BCUT2D eigenvalue weighted by atomic mass is 15.1. The van der Waals surface area contributed by atoms with Crippen LogP contribution in [0.1, 0.15) is 0 Å². The molecule has 0 spiro atoms. The number of fused-ring (bicyclic) bond motifs is 5. The third-order valence-electron chi connectivity index (χ3n) is 11.2. The maximum absolute atomic E-state index is 4.46. The molecule has 0 aliphatic rings. The molecule has 59 heavy (non-hydrogen) atoms. The molecule has 0 N–H and O–H groups in total. The molecule has 0 aliphatic carbocycles. The first kappa shape index (κ1) is 34.2. The van der Waals surface area contributed by atoms with Gasteiger partial charge < -0.3 is 14.0 Å². The minimum Gasteiger partial charge on any atom is -0.315 e. The molecule has 0 aliphatic heterocycles. The lowest BCUT2D eigenvalue weighted by Gasteiger charge is -2.26. The molecule has 0 radical (unpaired) electrons. The Balaban J connectivity index is 1.02. The van der Waals surface area contributed by atoms with Gasteiger partial charge in [0.25, 0.3) is 0 Å². The number of pyridine rings is 1. The zero-order valence-corrected chi connectivity index (χ0v) is 32.0. The quantitative estimate of drug-likeness (QED) is 0.155. The number of hydrogen-bond acceptors (Lipinski definition) is 4. The molecule has 0 unspecified atom stereocenters. The summed E-state index contributed by atoms with van der Waals surface area (Å²) in [5.74, 6) is 0.704. The smallest absolute Gasteiger partial charge is 0.159 e. The fourth-order valence-electron chi connectivity index (χ4n) is 8.36. The molecule has 278 valence electrons. The zero-order chi connectivity index (χ0) is 39.1. The van der Waals surface area contributed by atoms with Crippen LogP contribution in [0.4, 0.5) is 17.1 Å². The first-order chi connectivity index (χ1) is 29.3. The highest BCUT2D eigenvalue weighted by Crippen LogP contribution is 2.41. The van der Waals surface area contributed by atoms with Crippen LogP contribution in [0.3, 0.4) is 0 Å². The molecule has 4 heterocycles. The highest BCUT2D eigenvalue weighted by molar-refractivity contribution is 6.18. The zero-order valence-electron chi connectivity index (χ0n) is 32.0. The predicted octanol–water partition coefficient (Wildman–Crippen LogP) is 13.4. The minimum absolute atomic E-state index is 0.704. The van der Waals surface area contributed by atoms with Crippen molar-refractivity contribution >= 4 is 49.8 Å². The number of nitrogens with zero attached hydrogens (tertiary/aromatic N) is 6. The largest absolute Gasteiger partial charge is 0.315 e. The van der Waals surface area contributed by atoms with Gasteiger partial charge >= 0.3 is 0 Å². The number of rotatable bonds is 8. The van der Waals surface area contributed by atoms with Gasteiger partial charge in [-0.2, -0.15) is 0 Å². The van der Waals surface area contributed by atoms with Crippen LogP contribution in [0.5, 0.6) is 0 Å². The molecule has 11 aromatic rings. The second-order valence-corrected chi connectivity index (χ2v) is 14.6. The topological polar surface area (TPSA) is 51.8 Å². The van der Waals surface area contributed by atoms with Gasteiger partial charge in [0.05, 0.1) is 16.6 Å². The van der Waals surface area contributed by atoms with Crippen LogP contribution < -0.4 is 4.90 Å². The molecular formula is C53H36N6. The maximum Gasteiger partial charge on any atom is 0.159 e. The molecule has 6 heteroatoms. The normalized spacial score (nSPS) is 11.4. The SMILES string of the molecule is c1ccc(-n2ccc3ccc4c5cc(-c6ccc(N(c7ccc(-c8ccncc8)cc7)c7ccc(-c8ncccn8)cc7)cc6)ccc5n(-c5ccccc5)c4c32)cc1. The van der Waals surface area contributed by atoms with E-state index in [0.29, 0.717) is 5.82 Å². The van der Waals surface area contributed by atoms with Gasteiger partial charge in [-0.05, 0) is 131 Å². The summed E-state index contributed by atoms with van der Waals surface area (Å²) in [7, 11) is 0. The van der Waals surface area contributed by atoms with Crippen molar-refractivity contribution in [1.82, 2.24) is 24.1 Å². The van der Waals surface area contributed by atoms with Gasteiger partial charge in [0.15, 0.2) is 5.82 Å². The molecule has 0 bridgehead atoms. The van der Waals surface area contributed by atoms with E-state index in [1.165, 1.54) is 32.7 Å². The van der Waals surface area contributed by atoms with Gasteiger partial charge in [-0.3, -0.25) is 4.98 Å². The van der Waals surface area contributed by atoms with E-state index in [1.54, 1.807) is 12.4 Å². The first-order valence-corrected chi connectivity index (χ1v) is 19.7. The number of aromatic nitrogens is 5. The molecule has 0 atom stereocenters. The van der Waals surface area contributed by atoms with Crippen LogP contribution in [-0.2, 0) is 0 Å². The third-order valence-corrected chi connectivity index (χ3v) is 11.2. The summed E-state index contributed by atoms with van der Waals surface area (Å²) in [6.07, 6.45) is 9.39. The van der Waals surface area contributed by atoms with E-state index in [2.05, 4.69) is 205 Å². The number of benzene rings is 7. The van der Waals surface area contributed by atoms with Crippen molar-refractivity contribution in [3.8, 4) is 45.0 Å². The van der Waals surface area contributed by atoms with Crippen LogP contribution in [-0.4, -0.2) is 24.1 Å². The lowest BCUT2D eigenvalue weighted by Crippen LogP contribution is -2.09. The molecule has 0 amide bonds. The van der Waals surface area contributed by atoms with E-state index in [9.17, 15) is 0 Å². The predicted molar refractivity (Wildman–Crippen MR) is 242 cm³/mol. The van der Waals surface area contributed by atoms with Crippen LogP contribution >= 0.6 is 0 Å². The molecule has 0 saturated carbocycles. The number of hydrogen-bond donors (Lipinski definition) is 0. The van der Waals surface area contributed by atoms with E-state index in [-0.39, 0.29) is 0 Å². The number of para-hydroxylation sites is 2. The summed E-state index contributed by atoms with van der Waals surface area (Å²) in [5, 5.41) is 3.64. The maximum atomic E-state index is 4.46. The van der Waals surface area contributed by atoms with Gasteiger partial charge in [0, 0.05) is 81.1 Å². The third kappa shape index (κ3) is 6.11. The first-order valence-electron chi connectivity index (χ1n) is 19.7. The van der Waals surface area contributed by atoms with Crippen molar-refractivity contribution in [3.05, 3.63) is 219 Å². The van der Waals surface area contributed by atoms with E-state index in [1.807, 2.05) is 30.6 Å². The van der Waals surface area contributed by atoms with Crippen molar-refractivity contribution in [2.45, 2.75) is 0 Å². The molecular weight excluding hydrogens is 721 g/mol. The lowest BCUT2D eigenvalue weighted by atomic mass is 10.0.